The van der Waals surface area contributed by atoms with Gasteiger partial charge in [-0.25, -0.2) is 17.6 Å². The van der Waals surface area contributed by atoms with Crippen LogP contribution in [0.2, 0.25) is 0 Å². The summed E-state index contributed by atoms with van der Waals surface area (Å²) in [6, 6.07) is -0.159. The molecule has 78 valence electrons. The number of alkyl halides is 4. The minimum Gasteiger partial charge on any atom is -0.309 e. The minimum atomic E-state index is -2.58. The van der Waals surface area contributed by atoms with Crippen molar-refractivity contribution in [3.8, 4) is 0 Å². The molecule has 0 heterocycles. The molecule has 0 radical (unpaired) electrons. The normalized spacial score (nSPS) is 23.8. The van der Waals surface area contributed by atoms with E-state index < -0.39 is 18.9 Å². The summed E-state index contributed by atoms with van der Waals surface area (Å²) in [6.45, 7) is -0.393. The molecule has 1 saturated carbocycles. The molecule has 0 aromatic rings. The van der Waals surface area contributed by atoms with E-state index in [-0.39, 0.29) is 18.9 Å². The maximum absolute atomic E-state index is 12.6. The second kappa shape index (κ2) is 4.26. The molecule has 5 heteroatoms. The van der Waals surface area contributed by atoms with E-state index in [1.54, 1.807) is 0 Å². The highest BCUT2D eigenvalue weighted by Crippen LogP contribution is 2.32. The van der Waals surface area contributed by atoms with Gasteiger partial charge in [-0.05, 0) is 12.8 Å². The summed E-state index contributed by atoms with van der Waals surface area (Å²) in [5.74, 6) is -2.58. The second-order valence-electron chi connectivity index (χ2n) is 3.43. The smallest absolute Gasteiger partial charge is 0.250 e. The maximum Gasteiger partial charge on any atom is 0.250 e. The van der Waals surface area contributed by atoms with Crippen molar-refractivity contribution in [1.29, 1.82) is 0 Å². The molecule has 0 aromatic heterocycles. The van der Waals surface area contributed by atoms with E-state index >= 15 is 0 Å². The molecule has 0 aromatic carbocycles. The van der Waals surface area contributed by atoms with Crippen LogP contribution in [0.25, 0.3) is 0 Å². The molecule has 13 heavy (non-hydrogen) atoms. The van der Waals surface area contributed by atoms with Gasteiger partial charge in [-0.2, -0.15) is 0 Å². The molecular formula is C8H13F4N. The van der Waals surface area contributed by atoms with E-state index in [1.807, 2.05) is 0 Å². The van der Waals surface area contributed by atoms with Crippen LogP contribution in [-0.4, -0.2) is 24.9 Å². The SMILES string of the molecule is FC(F)CNC1CCC(F)(F)CC1. The van der Waals surface area contributed by atoms with Crippen molar-refractivity contribution in [3.63, 3.8) is 0 Å². The Kier molecular flexibility index (Phi) is 3.53. The van der Waals surface area contributed by atoms with Gasteiger partial charge < -0.3 is 5.32 Å². The average molecular weight is 199 g/mol. The fourth-order valence-corrected chi connectivity index (χ4v) is 1.50. The zero-order valence-electron chi connectivity index (χ0n) is 7.20. The topological polar surface area (TPSA) is 12.0 Å². The number of hydrogen-bond acceptors (Lipinski definition) is 1. The van der Waals surface area contributed by atoms with Gasteiger partial charge in [0.2, 0.25) is 5.92 Å². The second-order valence-corrected chi connectivity index (χ2v) is 3.43. The quantitative estimate of drug-likeness (QED) is 0.688. The number of hydrogen-bond donors (Lipinski definition) is 1. The fraction of sp³-hybridized carbons (Fsp3) is 1.00. The van der Waals surface area contributed by atoms with E-state index in [9.17, 15) is 17.6 Å². The molecule has 0 unspecified atom stereocenters. The van der Waals surface area contributed by atoms with Gasteiger partial charge >= 0.3 is 0 Å². The molecule has 0 aliphatic heterocycles. The third kappa shape index (κ3) is 3.93. The van der Waals surface area contributed by atoms with Crippen LogP contribution >= 0.6 is 0 Å². The molecule has 1 rings (SSSR count). The van der Waals surface area contributed by atoms with Crippen LogP contribution in [0.1, 0.15) is 25.7 Å². The first-order chi connectivity index (χ1) is 5.99. The predicted octanol–water partition coefficient (Wildman–Crippen LogP) is 2.42. The van der Waals surface area contributed by atoms with Crippen molar-refractivity contribution < 1.29 is 17.6 Å². The molecule has 0 saturated heterocycles. The first kappa shape index (κ1) is 10.8. The lowest BCUT2D eigenvalue weighted by molar-refractivity contribution is -0.0412. The highest BCUT2D eigenvalue weighted by molar-refractivity contribution is 4.81. The Bertz CT molecular complexity index is 147. The van der Waals surface area contributed by atoms with Gasteiger partial charge in [0.1, 0.15) is 0 Å². The number of rotatable bonds is 3. The molecule has 1 aliphatic carbocycles. The molecule has 0 atom stereocenters. The van der Waals surface area contributed by atoms with Crippen LogP contribution in [0, 0.1) is 0 Å². The Hall–Kier alpha value is -0.320. The lowest BCUT2D eigenvalue weighted by Gasteiger charge is -2.28. The molecule has 1 nitrogen and oxygen atoms in total. The Morgan fingerprint density at radius 1 is 1.23 bits per heavy atom. The lowest BCUT2D eigenvalue weighted by Crippen LogP contribution is -2.39. The minimum absolute atomic E-state index is 0.159. The average Bonchev–Trinajstić information content (AvgIpc) is 2.02. The van der Waals surface area contributed by atoms with Gasteiger partial charge in [0.15, 0.2) is 0 Å². The van der Waals surface area contributed by atoms with Crippen molar-refractivity contribution >= 4 is 0 Å². The summed E-state index contributed by atoms with van der Waals surface area (Å²) >= 11 is 0. The van der Waals surface area contributed by atoms with Crippen molar-refractivity contribution in [2.75, 3.05) is 6.54 Å². The van der Waals surface area contributed by atoms with Gasteiger partial charge in [0.25, 0.3) is 6.43 Å². The van der Waals surface area contributed by atoms with Gasteiger partial charge in [0, 0.05) is 18.9 Å². The van der Waals surface area contributed by atoms with E-state index in [4.69, 9.17) is 0 Å². The Balaban J connectivity index is 2.18. The predicted molar refractivity (Wildman–Crippen MR) is 41.2 cm³/mol. The monoisotopic (exact) mass is 199 g/mol. The molecule has 1 N–H and O–H groups in total. The summed E-state index contributed by atoms with van der Waals surface area (Å²) in [6.07, 6.45) is -2.19. The Morgan fingerprint density at radius 3 is 2.23 bits per heavy atom. The Morgan fingerprint density at radius 2 is 1.77 bits per heavy atom. The largest absolute Gasteiger partial charge is 0.309 e. The van der Waals surface area contributed by atoms with E-state index in [0.717, 1.165) is 0 Å². The standard InChI is InChI=1S/C8H13F4N/c9-7(10)5-13-6-1-3-8(11,12)4-2-6/h6-7,13H,1-5H2. The van der Waals surface area contributed by atoms with Crippen LogP contribution in [-0.2, 0) is 0 Å². The molecule has 1 fully saturated rings. The van der Waals surface area contributed by atoms with E-state index in [2.05, 4.69) is 5.32 Å². The fourth-order valence-electron chi connectivity index (χ4n) is 1.50. The van der Waals surface area contributed by atoms with Gasteiger partial charge in [-0.1, -0.05) is 0 Å². The van der Waals surface area contributed by atoms with Crippen LogP contribution in [0.15, 0.2) is 0 Å². The lowest BCUT2D eigenvalue weighted by atomic mass is 9.92. The highest BCUT2D eigenvalue weighted by atomic mass is 19.3. The summed E-state index contributed by atoms with van der Waals surface area (Å²) in [5.41, 5.74) is 0. The van der Waals surface area contributed by atoms with Crippen molar-refractivity contribution in [3.05, 3.63) is 0 Å². The third-order valence-electron chi connectivity index (χ3n) is 2.28. The molecule has 0 bridgehead atoms. The number of nitrogens with one attached hydrogen (secondary N) is 1. The highest BCUT2D eigenvalue weighted by Gasteiger charge is 2.34. The van der Waals surface area contributed by atoms with Crippen LogP contribution in [0.3, 0.4) is 0 Å². The van der Waals surface area contributed by atoms with Crippen molar-refractivity contribution in [1.82, 2.24) is 5.32 Å². The summed E-state index contributed by atoms with van der Waals surface area (Å²) in [5, 5.41) is 2.58. The summed E-state index contributed by atoms with van der Waals surface area (Å²) in [7, 11) is 0. The molecular weight excluding hydrogens is 186 g/mol. The molecule has 0 spiro atoms. The first-order valence-electron chi connectivity index (χ1n) is 4.39. The molecule has 0 amide bonds. The molecule has 1 aliphatic rings. The van der Waals surface area contributed by atoms with Crippen molar-refractivity contribution in [2.24, 2.45) is 0 Å². The zero-order chi connectivity index (χ0) is 9.90. The van der Waals surface area contributed by atoms with Gasteiger partial charge in [0.05, 0.1) is 6.54 Å². The van der Waals surface area contributed by atoms with Gasteiger partial charge in [-0.15, -0.1) is 0 Å². The van der Waals surface area contributed by atoms with E-state index in [1.165, 1.54) is 0 Å². The third-order valence-corrected chi connectivity index (χ3v) is 2.28. The van der Waals surface area contributed by atoms with E-state index in [0.29, 0.717) is 12.8 Å². The van der Waals surface area contributed by atoms with Crippen LogP contribution < -0.4 is 5.32 Å². The van der Waals surface area contributed by atoms with Crippen molar-refractivity contribution in [2.45, 2.75) is 44.1 Å². The zero-order valence-corrected chi connectivity index (χ0v) is 7.20. The maximum atomic E-state index is 12.6. The van der Waals surface area contributed by atoms with Crippen LogP contribution in [0.5, 0.6) is 0 Å². The van der Waals surface area contributed by atoms with Crippen LogP contribution in [0.4, 0.5) is 17.6 Å². The first-order valence-corrected chi connectivity index (χ1v) is 4.39. The Labute approximate surface area is 74.5 Å². The summed E-state index contributed by atoms with van der Waals surface area (Å²) in [4.78, 5) is 0. The van der Waals surface area contributed by atoms with Gasteiger partial charge in [-0.3, -0.25) is 0 Å². The summed E-state index contributed by atoms with van der Waals surface area (Å²) < 4.78 is 48.7. The number of halogens is 4.